The summed E-state index contributed by atoms with van der Waals surface area (Å²) in [6.45, 7) is 0. The summed E-state index contributed by atoms with van der Waals surface area (Å²) in [5, 5.41) is -1.78. The maximum atomic E-state index is 12.8. The van der Waals surface area contributed by atoms with Crippen molar-refractivity contribution in [2.45, 2.75) is 22.3 Å². The number of benzene rings is 1. The maximum absolute atomic E-state index is 12.8. The summed E-state index contributed by atoms with van der Waals surface area (Å²) in [6, 6.07) is 3.76. The molecule has 1 aromatic heterocycles. The SMILES string of the molecule is O=S(=O)(c1ccc(Cl)cc1)c1nc(C(F)(F)F)oc1C(F)(F)F. The smallest absolute Gasteiger partial charge is 0.427 e. The second-order valence-corrected chi connectivity index (χ2v) is 6.41. The number of oxazole rings is 1. The molecule has 0 radical (unpaired) electrons. The highest BCUT2D eigenvalue weighted by Crippen LogP contribution is 2.40. The molecule has 0 fully saturated rings. The Labute approximate surface area is 129 Å². The molecular weight excluding hydrogens is 376 g/mol. The van der Waals surface area contributed by atoms with Crippen molar-refractivity contribution in [2.75, 3.05) is 0 Å². The van der Waals surface area contributed by atoms with E-state index in [4.69, 9.17) is 11.6 Å². The molecule has 12 heteroatoms. The molecule has 0 N–H and O–H groups in total. The molecule has 0 saturated carbocycles. The van der Waals surface area contributed by atoms with E-state index in [1.54, 1.807) is 0 Å². The van der Waals surface area contributed by atoms with Crippen LogP contribution in [-0.2, 0) is 22.2 Å². The normalized spacial score (nSPS) is 13.3. The predicted molar refractivity (Wildman–Crippen MR) is 63.4 cm³/mol. The standard InChI is InChI=1S/C11H4ClF6NO3S/c12-5-1-3-6(4-2-5)23(20,21)8-7(10(13,14)15)22-9(19-8)11(16,17)18/h1-4H. The lowest BCUT2D eigenvalue weighted by Crippen LogP contribution is -2.12. The van der Waals surface area contributed by atoms with E-state index < -0.39 is 43.8 Å². The fourth-order valence-corrected chi connectivity index (χ4v) is 2.96. The number of aromatic nitrogens is 1. The lowest BCUT2D eigenvalue weighted by atomic mass is 10.4. The van der Waals surface area contributed by atoms with Crippen LogP contribution in [0.1, 0.15) is 11.7 Å². The molecule has 126 valence electrons. The van der Waals surface area contributed by atoms with Gasteiger partial charge in [-0.25, -0.2) is 8.42 Å². The van der Waals surface area contributed by atoms with Crippen LogP contribution in [0, 0.1) is 0 Å². The number of alkyl halides is 6. The second kappa shape index (κ2) is 5.41. The Balaban J connectivity index is 2.70. The number of rotatable bonds is 2. The van der Waals surface area contributed by atoms with Crippen molar-refractivity contribution in [2.24, 2.45) is 0 Å². The third-order valence-corrected chi connectivity index (χ3v) is 4.41. The summed E-state index contributed by atoms with van der Waals surface area (Å²) < 4.78 is 104. The van der Waals surface area contributed by atoms with Gasteiger partial charge in [0.25, 0.3) is 0 Å². The van der Waals surface area contributed by atoms with Crippen molar-refractivity contribution in [3.05, 3.63) is 40.9 Å². The summed E-state index contributed by atoms with van der Waals surface area (Å²) in [5.74, 6) is -4.66. The minimum absolute atomic E-state index is 0.0797. The van der Waals surface area contributed by atoms with E-state index in [-0.39, 0.29) is 5.02 Å². The third-order valence-electron chi connectivity index (χ3n) is 2.47. The summed E-state index contributed by atoms with van der Waals surface area (Å²) in [5.41, 5.74) is 0. The monoisotopic (exact) mass is 379 g/mol. The van der Waals surface area contributed by atoms with Gasteiger partial charge in [-0.2, -0.15) is 31.3 Å². The Bertz CT molecular complexity index is 823. The Morgan fingerprint density at radius 3 is 1.91 bits per heavy atom. The zero-order valence-corrected chi connectivity index (χ0v) is 12.1. The minimum atomic E-state index is -5.48. The Hall–Kier alpha value is -1.75. The molecule has 0 unspecified atom stereocenters. The molecule has 1 aromatic carbocycles. The van der Waals surface area contributed by atoms with E-state index in [1.807, 2.05) is 0 Å². The molecule has 23 heavy (non-hydrogen) atoms. The number of hydrogen-bond donors (Lipinski definition) is 0. The van der Waals surface area contributed by atoms with Crippen LogP contribution in [-0.4, -0.2) is 13.4 Å². The first kappa shape index (κ1) is 17.6. The molecule has 2 aromatic rings. The van der Waals surface area contributed by atoms with Gasteiger partial charge in [-0.05, 0) is 24.3 Å². The molecule has 0 atom stereocenters. The van der Waals surface area contributed by atoms with Gasteiger partial charge in [-0.1, -0.05) is 11.6 Å². The van der Waals surface area contributed by atoms with E-state index in [0.717, 1.165) is 24.3 Å². The Kier molecular flexibility index (Phi) is 4.14. The highest BCUT2D eigenvalue weighted by molar-refractivity contribution is 7.91. The first-order valence-electron chi connectivity index (χ1n) is 5.49. The van der Waals surface area contributed by atoms with Gasteiger partial charge in [0.05, 0.1) is 4.90 Å². The predicted octanol–water partition coefficient (Wildman–Crippen LogP) is 4.20. The quantitative estimate of drug-likeness (QED) is 0.734. The van der Waals surface area contributed by atoms with E-state index in [9.17, 15) is 34.8 Å². The van der Waals surface area contributed by atoms with Gasteiger partial charge < -0.3 is 4.42 Å². The topological polar surface area (TPSA) is 60.2 Å². The van der Waals surface area contributed by atoms with Gasteiger partial charge in [0.1, 0.15) is 0 Å². The second-order valence-electron chi connectivity index (χ2n) is 4.11. The molecule has 0 amide bonds. The summed E-state index contributed by atoms with van der Waals surface area (Å²) >= 11 is 5.52. The molecule has 0 aliphatic heterocycles. The molecular formula is C11H4ClF6NO3S. The Morgan fingerprint density at radius 2 is 1.48 bits per heavy atom. The molecule has 0 spiro atoms. The van der Waals surface area contributed by atoms with E-state index in [1.165, 1.54) is 0 Å². The van der Waals surface area contributed by atoms with Crippen LogP contribution in [0.2, 0.25) is 5.02 Å². The number of sulfone groups is 1. The fraction of sp³-hybridized carbons (Fsp3) is 0.182. The van der Waals surface area contributed by atoms with Crippen LogP contribution in [0.25, 0.3) is 0 Å². The summed E-state index contributed by atoms with van der Waals surface area (Å²) in [4.78, 5) is 1.77. The van der Waals surface area contributed by atoms with Gasteiger partial charge in [-0.3, -0.25) is 0 Å². The highest BCUT2D eigenvalue weighted by atomic mass is 35.5. The molecule has 0 bridgehead atoms. The molecule has 2 rings (SSSR count). The zero-order valence-electron chi connectivity index (χ0n) is 10.5. The fourth-order valence-electron chi connectivity index (χ4n) is 1.51. The molecule has 0 aliphatic carbocycles. The lowest BCUT2D eigenvalue weighted by Gasteiger charge is -2.06. The lowest BCUT2D eigenvalue weighted by molar-refractivity contribution is -0.173. The number of nitrogens with zero attached hydrogens (tertiary/aromatic N) is 1. The summed E-state index contributed by atoms with van der Waals surface area (Å²) in [7, 11) is -4.99. The van der Waals surface area contributed by atoms with Crippen molar-refractivity contribution in [1.82, 2.24) is 4.98 Å². The Morgan fingerprint density at radius 1 is 0.957 bits per heavy atom. The first-order chi connectivity index (χ1) is 10.3. The van der Waals surface area contributed by atoms with Gasteiger partial charge >= 0.3 is 18.2 Å². The van der Waals surface area contributed by atoms with Gasteiger partial charge in [0.2, 0.25) is 20.6 Å². The van der Waals surface area contributed by atoms with E-state index >= 15 is 0 Å². The van der Waals surface area contributed by atoms with Crippen molar-refractivity contribution < 1.29 is 39.2 Å². The van der Waals surface area contributed by atoms with Gasteiger partial charge in [0.15, 0.2) is 0 Å². The average molecular weight is 380 g/mol. The van der Waals surface area contributed by atoms with Crippen molar-refractivity contribution >= 4 is 21.4 Å². The van der Waals surface area contributed by atoms with Crippen LogP contribution < -0.4 is 0 Å². The van der Waals surface area contributed by atoms with Crippen LogP contribution in [0.5, 0.6) is 0 Å². The van der Waals surface area contributed by atoms with Crippen LogP contribution in [0.15, 0.2) is 38.6 Å². The zero-order chi connectivity index (χ0) is 17.6. The van der Waals surface area contributed by atoms with Crippen molar-refractivity contribution in [3.63, 3.8) is 0 Å². The molecule has 0 aliphatic rings. The molecule has 0 saturated heterocycles. The van der Waals surface area contributed by atoms with Crippen LogP contribution in [0.3, 0.4) is 0 Å². The van der Waals surface area contributed by atoms with Crippen molar-refractivity contribution in [1.29, 1.82) is 0 Å². The van der Waals surface area contributed by atoms with Crippen molar-refractivity contribution in [3.8, 4) is 0 Å². The maximum Gasteiger partial charge on any atom is 0.468 e. The number of hydrogen-bond acceptors (Lipinski definition) is 4. The molecule has 4 nitrogen and oxygen atoms in total. The van der Waals surface area contributed by atoms with Gasteiger partial charge in [-0.15, -0.1) is 0 Å². The average Bonchev–Trinajstić information content (AvgIpc) is 2.84. The van der Waals surface area contributed by atoms with E-state index in [0.29, 0.717) is 0 Å². The largest absolute Gasteiger partial charge is 0.468 e. The third kappa shape index (κ3) is 3.44. The van der Waals surface area contributed by atoms with Gasteiger partial charge in [0, 0.05) is 5.02 Å². The van der Waals surface area contributed by atoms with E-state index in [2.05, 4.69) is 9.40 Å². The minimum Gasteiger partial charge on any atom is -0.427 e. The number of halogens is 7. The first-order valence-corrected chi connectivity index (χ1v) is 7.35. The van der Waals surface area contributed by atoms with Crippen LogP contribution in [0.4, 0.5) is 26.3 Å². The highest BCUT2D eigenvalue weighted by Gasteiger charge is 2.48. The summed E-state index contributed by atoms with van der Waals surface area (Å²) in [6.07, 6.45) is -10.9. The van der Waals surface area contributed by atoms with Crippen LogP contribution >= 0.6 is 11.6 Å². The molecule has 1 heterocycles.